The highest BCUT2D eigenvalue weighted by atomic mass is 32.1. The normalized spacial score (nSPS) is 10.4. The zero-order valence-electron chi connectivity index (χ0n) is 13.4. The number of nitrogens with zero attached hydrogens (tertiary/aromatic N) is 2. The number of ether oxygens (including phenoxy) is 1. The first-order chi connectivity index (χ1) is 11.6. The lowest BCUT2D eigenvalue weighted by molar-refractivity contribution is -0.118. The number of anilines is 1. The largest absolute Gasteiger partial charge is 0.483 e. The lowest BCUT2D eigenvalue weighted by Gasteiger charge is -2.11. The number of para-hydroxylation sites is 1. The monoisotopic (exact) mass is 339 g/mol. The smallest absolute Gasteiger partial charge is 0.264 e. The highest BCUT2D eigenvalue weighted by Gasteiger charge is 2.11. The highest BCUT2D eigenvalue weighted by Crippen LogP contribution is 2.26. The molecule has 0 bridgehead atoms. The van der Waals surface area contributed by atoms with Crippen molar-refractivity contribution in [3.63, 3.8) is 0 Å². The summed E-state index contributed by atoms with van der Waals surface area (Å²) in [6, 6.07) is 15.6. The molecule has 0 fully saturated rings. The number of aryl methyl sites for hydroxylation is 2. The minimum absolute atomic E-state index is 0.0635. The standard InChI is InChI=1S/C18H17N3O2S/c1-12-7-6-8-13(2)16(12)23-11-15(22)19-18-21-20-17(24-18)14-9-4-3-5-10-14/h3-10H,11H2,1-2H3,(H,19,21,22). The van der Waals surface area contributed by atoms with E-state index in [1.807, 2.05) is 62.4 Å². The average Bonchev–Trinajstić information content (AvgIpc) is 3.03. The van der Waals surface area contributed by atoms with Gasteiger partial charge in [0.25, 0.3) is 5.91 Å². The van der Waals surface area contributed by atoms with Crippen molar-refractivity contribution in [1.82, 2.24) is 10.2 Å². The van der Waals surface area contributed by atoms with Crippen molar-refractivity contribution in [2.75, 3.05) is 11.9 Å². The van der Waals surface area contributed by atoms with E-state index >= 15 is 0 Å². The average molecular weight is 339 g/mol. The van der Waals surface area contributed by atoms with Gasteiger partial charge in [-0.15, -0.1) is 10.2 Å². The third-order valence-electron chi connectivity index (χ3n) is 3.45. The van der Waals surface area contributed by atoms with E-state index in [4.69, 9.17) is 4.74 Å². The van der Waals surface area contributed by atoms with Crippen molar-refractivity contribution in [2.45, 2.75) is 13.8 Å². The van der Waals surface area contributed by atoms with Crippen molar-refractivity contribution >= 4 is 22.4 Å². The van der Waals surface area contributed by atoms with Crippen LogP contribution in [0.25, 0.3) is 10.6 Å². The Morgan fingerprint density at radius 1 is 1.04 bits per heavy atom. The van der Waals surface area contributed by atoms with Crippen molar-refractivity contribution < 1.29 is 9.53 Å². The van der Waals surface area contributed by atoms with E-state index in [0.29, 0.717) is 5.13 Å². The van der Waals surface area contributed by atoms with E-state index < -0.39 is 0 Å². The SMILES string of the molecule is Cc1cccc(C)c1OCC(=O)Nc1nnc(-c2ccccc2)s1. The number of amides is 1. The predicted molar refractivity (Wildman–Crippen MR) is 95.4 cm³/mol. The fourth-order valence-electron chi connectivity index (χ4n) is 2.29. The number of carbonyl (C=O) groups excluding carboxylic acids is 1. The molecule has 0 saturated carbocycles. The molecule has 3 aromatic rings. The molecule has 0 aliphatic carbocycles. The van der Waals surface area contributed by atoms with Crippen LogP contribution in [0, 0.1) is 13.8 Å². The van der Waals surface area contributed by atoms with Crippen LogP contribution in [0.4, 0.5) is 5.13 Å². The number of hydrogen-bond acceptors (Lipinski definition) is 5. The van der Waals surface area contributed by atoms with Crippen LogP contribution in [0.5, 0.6) is 5.75 Å². The van der Waals surface area contributed by atoms with Gasteiger partial charge in [-0.1, -0.05) is 59.9 Å². The van der Waals surface area contributed by atoms with Crippen LogP contribution < -0.4 is 10.1 Å². The molecule has 2 aromatic carbocycles. The summed E-state index contributed by atoms with van der Waals surface area (Å²) in [5.41, 5.74) is 2.98. The maximum Gasteiger partial charge on any atom is 0.264 e. The number of benzene rings is 2. The molecule has 0 saturated heterocycles. The van der Waals surface area contributed by atoms with E-state index in [9.17, 15) is 4.79 Å². The molecule has 0 atom stereocenters. The van der Waals surface area contributed by atoms with Crippen molar-refractivity contribution in [3.8, 4) is 16.3 Å². The summed E-state index contributed by atoms with van der Waals surface area (Å²) < 4.78 is 5.64. The Labute approximate surface area is 144 Å². The topological polar surface area (TPSA) is 64.1 Å². The second-order valence-corrected chi connectivity index (χ2v) is 6.31. The van der Waals surface area contributed by atoms with E-state index in [1.165, 1.54) is 11.3 Å². The molecule has 0 unspecified atom stereocenters. The predicted octanol–water partition coefficient (Wildman–Crippen LogP) is 3.84. The van der Waals surface area contributed by atoms with Crippen LogP contribution in [-0.2, 0) is 4.79 Å². The molecule has 1 amide bonds. The molecule has 0 radical (unpaired) electrons. The molecule has 1 N–H and O–H groups in total. The van der Waals surface area contributed by atoms with Gasteiger partial charge in [0.2, 0.25) is 5.13 Å². The second-order valence-electron chi connectivity index (χ2n) is 5.34. The maximum atomic E-state index is 12.1. The Bertz CT molecular complexity index is 826. The summed E-state index contributed by atoms with van der Waals surface area (Å²) in [7, 11) is 0. The highest BCUT2D eigenvalue weighted by molar-refractivity contribution is 7.18. The third kappa shape index (κ3) is 3.78. The summed E-state index contributed by atoms with van der Waals surface area (Å²) in [6.07, 6.45) is 0. The molecule has 0 aliphatic rings. The van der Waals surface area contributed by atoms with Crippen molar-refractivity contribution in [3.05, 3.63) is 59.7 Å². The van der Waals surface area contributed by atoms with Crippen molar-refractivity contribution in [2.24, 2.45) is 0 Å². The molecule has 6 heteroatoms. The molecule has 3 rings (SSSR count). The van der Waals surface area contributed by atoms with Gasteiger partial charge in [0.1, 0.15) is 10.8 Å². The first kappa shape index (κ1) is 16.1. The lowest BCUT2D eigenvalue weighted by atomic mass is 10.1. The van der Waals surface area contributed by atoms with E-state index in [0.717, 1.165) is 27.4 Å². The number of carbonyl (C=O) groups is 1. The van der Waals surface area contributed by atoms with Gasteiger partial charge in [-0.3, -0.25) is 10.1 Å². The number of nitrogens with one attached hydrogen (secondary N) is 1. The molecule has 1 heterocycles. The van der Waals surface area contributed by atoms with Gasteiger partial charge in [0.15, 0.2) is 6.61 Å². The van der Waals surface area contributed by atoms with Crippen LogP contribution in [0.15, 0.2) is 48.5 Å². The van der Waals surface area contributed by atoms with Gasteiger partial charge >= 0.3 is 0 Å². The molecule has 0 spiro atoms. The van der Waals surface area contributed by atoms with Crippen LogP contribution >= 0.6 is 11.3 Å². The van der Waals surface area contributed by atoms with Crippen LogP contribution in [0.3, 0.4) is 0 Å². The van der Waals surface area contributed by atoms with Gasteiger partial charge in [-0.05, 0) is 25.0 Å². The third-order valence-corrected chi connectivity index (χ3v) is 4.34. The molecule has 0 aliphatic heterocycles. The summed E-state index contributed by atoms with van der Waals surface area (Å²) >= 11 is 1.33. The molecule has 24 heavy (non-hydrogen) atoms. The number of aromatic nitrogens is 2. The fourth-order valence-corrected chi connectivity index (χ4v) is 3.06. The zero-order valence-corrected chi connectivity index (χ0v) is 14.3. The van der Waals surface area contributed by atoms with Crippen LogP contribution in [0.2, 0.25) is 0 Å². The van der Waals surface area contributed by atoms with Gasteiger partial charge in [0, 0.05) is 5.56 Å². The number of hydrogen-bond donors (Lipinski definition) is 1. The first-order valence-corrected chi connectivity index (χ1v) is 8.33. The van der Waals surface area contributed by atoms with E-state index in [-0.39, 0.29) is 12.5 Å². The van der Waals surface area contributed by atoms with Gasteiger partial charge < -0.3 is 4.74 Å². The van der Waals surface area contributed by atoms with Gasteiger partial charge in [-0.25, -0.2) is 0 Å². The first-order valence-electron chi connectivity index (χ1n) is 7.51. The Balaban J connectivity index is 1.61. The van der Waals surface area contributed by atoms with Gasteiger partial charge in [-0.2, -0.15) is 0 Å². The summed E-state index contributed by atoms with van der Waals surface area (Å²) in [6.45, 7) is 3.85. The van der Waals surface area contributed by atoms with E-state index in [2.05, 4.69) is 15.5 Å². The fraction of sp³-hybridized carbons (Fsp3) is 0.167. The second kappa shape index (κ2) is 7.23. The molecular weight excluding hydrogens is 322 g/mol. The maximum absolute atomic E-state index is 12.1. The Hall–Kier alpha value is -2.73. The Morgan fingerprint density at radius 3 is 2.46 bits per heavy atom. The van der Waals surface area contributed by atoms with Crippen LogP contribution in [0.1, 0.15) is 11.1 Å². The Kier molecular flexibility index (Phi) is 4.86. The zero-order chi connectivity index (χ0) is 16.9. The summed E-state index contributed by atoms with van der Waals surface area (Å²) in [5.74, 6) is 0.489. The quantitative estimate of drug-likeness (QED) is 0.767. The van der Waals surface area contributed by atoms with Gasteiger partial charge in [0.05, 0.1) is 0 Å². The minimum Gasteiger partial charge on any atom is -0.483 e. The van der Waals surface area contributed by atoms with Crippen LogP contribution in [-0.4, -0.2) is 22.7 Å². The molecule has 1 aromatic heterocycles. The van der Waals surface area contributed by atoms with Crippen molar-refractivity contribution in [1.29, 1.82) is 0 Å². The molecular formula is C18H17N3O2S. The minimum atomic E-state index is -0.256. The number of rotatable bonds is 5. The molecule has 5 nitrogen and oxygen atoms in total. The summed E-state index contributed by atoms with van der Waals surface area (Å²) in [5, 5.41) is 12.1. The molecule has 122 valence electrons. The van der Waals surface area contributed by atoms with E-state index in [1.54, 1.807) is 0 Å². The Morgan fingerprint density at radius 2 is 1.75 bits per heavy atom. The summed E-state index contributed by atoms with van der Waals surface area (Å²) in [4.78, 5) is 12.1. The lowest BCUT2D eigenvalue weighted by Crippen LogP contribution is -2.20.